The molecule has 0 aliphatic rings. The summed E-state index contributed by atoms with van der Waals surface area (Å²) in [6.07, 6.45) is 0.632. The first-order chi connectivity index (χ1) is 9.13. The molecule has 2 rings (SSSR count). The molecule has 1 aromatic heterocycles. The van der Waals surface area contributed by atoms with Crippen molar-refractivity contribution in [1.29, 1.82) is 0 Å². The van der Waals surface area contributed by atoms with Gasteiger partial charge >= 0.3 is 0 Å². The summed E-state index contributed by atoms with van der Waals surface area (Å²) < 4.78 is 10.8. The van der Waals surface area contributed by atoms with E-state index >= 15 is 0 Å². The quantitative estimate of drug-likeness (QED) is 0.802. The van der Waals surface area contributed by atoms with Crippen LogP contribution in [0.3, 0.4) is 0 Å². The van der Waals surface area contributed by atoms with Crippen molar-refractivity contribution in [3.63, 3.8) is 0 Å². The van der Waals surface area contributed by atoms with Gasteiger partial charge in [-0.25, -0.2) is 0 Å². The average molecular weight is 262 g/mol. The highest BCUT2D eigenvalue weighted by atomic mass is 16.5. The molecule has 0 saturated carbocycles. The van der Waals surface area contributed by atoms with E-state index in [4.69, 9.17) is 20.7 Å². The van der Waals surface area contributed by atoms with Gasteiger partial charge in [0.05, 0.1) is 0 Å². The Labute approximate surface area is 111 Å². The van der Waals surface area contributed by atoms with Crippen molar-refractivity contribution in [2.45, 2.75) is 26.4 Å². The number of benzene rings is 1. The van der Waals surface area contributed by atoms with E-state index in [2.05, 4.69) is 10.1 Å². The summed E-state index contributed by atoms with van der Waals surface area (Å²) in [6.45, 7) is 4.55. The maximum atomic E-state index is 5.74. The first-order valence-electron chi connectivity index (χ1n) is 6.25. The lowest BCUT2D eigenvalue weighted by Gasteiger charge is -2.09. The molecule has 0 fully saturated rings. The van der Waals surface area contributed by atoms with Crippen LogP contribution < -0.4 is 11.5 Å². The van der Waals surface area contributed by atoms with Crippen molar-refractivity contribution in [3.8, 4) is 11.5 Å². The highest BCUT2D eigenvalue weighted by Gasteiger charge is 2.17. The van der Waals surface area contributed by atoms with E-state index in [1.165, 1.54) is 0 Å². The molecule has 6 heteroatoms. The number of aromatic nitrogens is 2. The number of hydrogen-bond donors (Lipinski definition) is 2. The van der Waals surface area contributed by atoms with Crippen LogP contribution in [-0.4, -0.2) is 16.7 Å². The first-order valence-corrected chi connectivity index (χ1v) is 6.25. The van der Waals surface area contributed by atoms with E-state index in [1.54, 1.807) is 18.2 Å². The Morgan fingerprint density at radius 2 is 1.89 bits per heavy atom. The smallest absolute Gasteiger partial charge is 0.258 e. The molecular weight excluding hydrogens is 244 g/mol. The van der Waals surface area contributed by atoms with E-state index in [9.17, 15) is 0 Å². The maximum Gasteiger partial charge on any atom is 0.258 e. The zero-order valence-electron chi connectivity index (χ0n) is 11.1. The molecule has 0 amide bonds. The predicted octanol–water partition coefficient (Wildman–Crippen LogP) is 2.39. The van der Waals surface area contributed by atoms with Crippen LogP contribution in [0.2, 0.25) is 0 Å². The van der Waals surface area contributed by atoms with E-state index in [0.717, 1.165) is 6.42 Å². The second-order valence-corrected chi connectivity index (χ2v) is 4.20. The molecular formula is C13H18N4O2. The van der Waals surface area contributed by atoms with Gasteiger partial charge in [0.15, 0.2) is 0 Å². The zero-order chi connectivity index (χ0) is 13.8. The first kappa shape index (κ1) is 13.4. The molecule has 0 radical (unpaired) electrons. The van der Waals surface area contributed by atoms with Crippen molar-refractivity contribution in [2.75, 3.05) is 18.1 Å². The normalized spacial score (nSPS) is 12.5. The Kier molecular flexibility index (Phi) is 4.01. The van der Waals surface area contributed by atoms with Crippen LogP contribution in [0.5, 0.6) is 0 Å². The summed E-state index contributed by atoms with van der Waals surface area (Å²) in [5.41, 5.74) is 13.3. The van der Waals surface area contributed by atoms with Gasteiger partial charge in [0.1, 0.15) is 6.10 Å². The van der Waals surface area contributed by atoms with Crippen molar-refractivity contribution < 1.29 is 9.26 Å². The van der Waals surface area contributed by atoms with Gasteiger partial charge in [-0.3, -0.25) is 0 Å². The third-order valence-corrected chi connectivity index (χ3v) is 2.69. The average Bonchev–Trinajstić information content (AvgIpc) is 2.84. The minimum absolute atomic E-state index is 0.152. The van der Waals surface area contributed by atoms with Crippen molar-refractivity contribution in [2.24, 2.45) is 0 Å². The Hall–Kier alpha value is -2.08. The van der Waals surface area contributed by atoms with Gasteiger partial charge in [0, 0.05) is 23.5 Å². The molecule has 1 atom stereocenters. The van der Waals surface area contributed by atoms with Crippen LogP contribution in [0, 0.1) is 0 Å². The molecule has 4 N–H and O–H groups in total. The fourth-order valence-electron chi connectivity index (χ4n) is 1.86. The number of nitrogens with two attached hydrogens (primary N) is 2. The molecule has 1 unspecified atom stereocenters. The molecule has 19 heavy (non-hydrogen) atoms. The van der Waals surface area contributed by atoms with Crippen LogP contribution in [0.15, 0.2) is 22.7 Å². The fraction of sp³-hybridized carbons (Fsp3) is 0.385. The highest BCUT2D eigenvalue weighted by Crippen LogP contribution is 2.26. The molecule has 0 saturated heterocycles. The third kappa shape index (κ3) is 3.03. The summed E-state index contributed by atoms with van der Waals surface area (Å²) in [4.78, 5) is 4.34. The minimum atomic E-state index is -0.152. The molecule has 102 valence electrons. The standard InChI is InChI=1S/C13H18N4O2/c1-3-11(18-4-2)12-16-13(19-17-12)8-5-9(14)7-10(15)6-8/h5-7,11H,3-4,14-15H2,1-2H3. The van der Waals surface area contributed by atoms with Crippen LogP contribution >= 0.6 is 0 Å². The zero-order valence-corrected chi connectivity index (χ0v) is 11.1. The molecule has 1 aromatic carbocycles. The number of rotatable bonds is 5. The lowest BCUT2D eigenvalue weighted by atomic mass is 10.2. The maximum absolute atomic E-state index is 5.74. The van der Waals surface area contributed by atoms with E-state index < -0.39 is 0 Å². The third-order valence-electron chi connectivity index (χ3n) is 2.69. The number of ether oxygens (including phenoxy) is 1. The monoisotopic (exact) mass is 262 g/mol. The summed E-state index contributed by atoms with van der Waals surface area (Å²) in [5, 5.41) is 3.95. The molecule has 1 heterocycles. The molecule has 6 nitrogen and oxygen atoms in total. The summed E-state index contributed by atoms with van der Waals surface area (Å²) >= 11 is 0. The summed E-state index contributed by atoms with van der Waals surface area (Å²) in [7, 11) is 0. The molecule has 0 spiro atoms. The largest absolute Gasteiger partial charge is 0.399 e. The predicted molar refractivity (Wildman–Crippen MR) is 73.2 cm³/mol. The van der Waals surface area contributed by atoms with Crippen molar-refractivity contribution >= 4 is 11.4 Å². The molecule has 0 aliphatic carbocycles. The molecule has 0 aliphatic heterocycles. The fourth-order valence-corrected chi connectivity index (χ4v) is 1.86. The lowest BCUT2D eigenvalue weighted by molar-refractivity contribution is 0.0518. The van der Waals surface area contributed by atoms with Gasteiger partial charge in [-0.1, -0.05) is 12.1 Å². The highest BCUT2D eigenvalue weighted by molar-refractivity contribution is 5.67. The van der Waals surface area contributed by atoms with E-state index in [1.807, 2.05) is 13.8 Å². The second kappa shape index (κ2) is 5.71. The minimum Gasteiger partial charge on any atom is -0.399 e. The second-order valence-electron chi connectivity index (χ2n) is 4.20. The number of nitrogen functional groups attached to an aromatic ring is 2. The van der Waals surface area contributed by atoms with Crippen LogP contribution in [-0.2, 0) is 4.74 Å². The summed E-state index contributed by atoms with van der Waals surface area (Å²) in [6, 6.07) is 5.17. The van der Waals surface area contributed by atoms with Gasteiger partial charge in [-0.15, -0.1) is 0 Å². The topological polar surface area (TPSA) is 100 Å². The molecule has 0 bridgehead atoms. The number of hydrogen-bond acceptors (Lipinski definition) is 6. The Morgan fingerprint density at radius 3 is 2.47 bits per heavy atom. The van der Waals surface area contributed by atoms with Gasteiger partial charge < -0.3 is 20.7 Å². The van der Waals surface area contributed by atoms with E-state index in [0.29, 0.717) is 35.3 Å². The van der Waals surface area contributed by atoms with Crippen LogP contribution in [0.1, 0.15) is 32.2 Å². The number of anilines is 2. The summed E-state index contributed by atoms with van der Waals surface area (Å²) in [5.74, 6) is 0.937. The van der Waals surface area contributed by atoms with Gasteiger partial charge in [0.2, 0.25) is 5.82 Å². The Bertz CT molecular complexity index is 533. The van der Waals surface area contributed by atoms with Crippen molar-refractivity contribution in [3.05, 3.63) is 24.0 Å². The Balaban J connectivity index is 2.29. The van der Waals surface area contributed by atoms with Crippen molar-refractivity contribution in [1.82, 2.24) is 10.1 Å². The van der Waals surface area contributed by atoms with Gasteiger partial charge in [0.25, 0.3) is 5.89 Å². The van der Waals surface area contributed by atoms with Crippen LogP contribution in [0.4, 0.5) is 11.4 Å². The SMILES string of the molecule is CCOC(CC)c1noc(-c2cc(N)cc(N)c2)n1. The van der Waals surface area contributed by atoms with E-state index in [-0.39, 0.29) is 6.10 Å². The van der Waals surface area contributed by atoms with Gasteiger partial charge in [-0.05, 0) is 31.5 Å². The van der Waals surface area contributed by atoms with Crippen LogP contribution in [0.25, 0.3) is 11.5 Å². The molecule has 2 aromatic rings. The number of nitrogens with zero attached hydrogens (tertiary/aromatic N) is 2. The van der Waals surface area contributed by atoms with Gasteiger partial charge in [-0.2, -0.15) is 4.98 Å². The lowest BCUT2D eigenvalue weighted by Crippen LogP contribution is -2.04. The Morgan fingerprint density at radius 1 is 1.21 bits per heavy atom.